The Labute approximate surface area is 164 Å². The summed E-state index contributed by atoms with van der Waals surface area (Å²) in [5.41, 5.74) is 2.88. The molecule has 2 atom stereocenters. The number of piperidine rings is 1. The topological polar surface area (TPSA) is 49.6 Å². The molecule has 1 amide bonds. The molecule has 0 saturated carbocycles. The normalized spacial score (nSPS) is 23.0. The molecule has 3 aliphatic heterocycles. The molecule has 0 unspecified atom stereocenters. The predicted molar refractivity (Wildman–Crippen MR) is 105 cm³/mol. The standard InChI is InChI=1S/C22H26FN3O2/c1-15-21(16(2)28-24-15)14-26-20-10-7-18(22(26)27)12-25(13-20)11-3-4-17-5-8-19(23)9-6-17/h3-6,8-9,18,20H,7,10-14H2,1-2H3/b4-3+/t18-,20+/m1/s1. The number of hydrogen-bond acceptors (Lipinski definition) is 4. The Balaban J connectivity index is 1.43. The molecule has 4 heterocycles. The highest BCUT2D eigenvalue weighted by Gasteiger charge is 2.40. The van der Waals surface area contributed by atoms with Crippen LogP contribution in [0.1, 0.15) is 35.4 Å². The van der Waals surface area contributed by atoms with Crippen molar-refractivity contribution in [2.75, 3.05) is 19.6 Å². The van der Waals surface area contributed by atoms with E-state index < -0.39 is 0 Å². The third kappa shape index (κ3) is 3.87. The second-order valence-corrected chi connectivity index (χ2v) is 7.87. The van der Waals surface area contributed by atoms with Crippen molar-refractivity contribution in [2.24, 2.45) is 5.92 Å². The average Bonchev–Trinajstić information content (AvgIpc) is 2.85. The van der Waals surface area contributed by atoms with Crippen LogP contribution in [0.3, 0.4) is 0 Å². The number of nitrogens with zero attached hydrogens (tertiary/aromatic N) is 3. The number of fused-ring (bicyclic) bond motifs is 4. The number of aromatic nitrogens is 1. The fraction of sp³-hybridized carbons (Fsp3) is 0.455. The summed E-state index contributed by atoms with van der Waals surface area (Å²) in [6.07, 6.45) is 6.11. The average molecular weight is 383 g/mol. The minimum Gasteiger partial charge on any atom is -0.361 e. The maximum absolute atomic E-state index is 13.0. The van der Waals surface area contributed by atoms with Crippen molar-refractivity contribution in [3.05, 3.63) is 58.7 Å². The quantitative estimate of drug-likeness (QED) is 0.792. The van der Waals surface area contributed by atoms with Crippen LogP contribution >= 0.6 is 0 Å². The van der Waals surface area contributed by atoms with E-state index in [4.69, 9.17) is 4.52 Å². The summed E-state index contributed by atoms with van der Waals surface area (Å²) in [5, 5.41) is 4.03. The molecule has 0 N–H and O–H groups in total. The number of carbonyl (C=O) groups excluding carboxylic acids is 1. The number of hydrogen-bond donors (Lipinski definition) is 0. The van der Waals surface area contributed by atoms with Crippen LogP contribution in [0.4, 0.5) is 4.39 Å². The minimum absolute atomic E-state index is 0.0541. The molecule has 5 rings (SSSR count). The highest BCUT2D eigenvalue weighted by atomic mass is 19.1. The summed E-state index contributed by atoms with van der Waals surface area (Å²) < 4.78 is 18.3. The van der Waals surface area contributed by atoms with Crippen LogP contribution in [0, 0.1) is 25.6 Å². The molecular weight excluding hydrogens is 357 g/mol. The van der Waals surface area contributed by atoms with E-state index in [1.54, 1.807) is 12.1 Å². The Morgan fingerprint density at radius 1 is 1.21 bits per heavy atom. The van der Waals surface area contributed by atoms with Gasteiger partial charge in [-0.2, -0.15) is 0 Å². The van der Waals surface area contributed by atoms with E-state index in [0.717, 1.165) is 55.1 Å². The second kappa shape index (κ2) is 7.87. The molecule has 6 heteroatoms. The van der Waals surface area contributed by atoms with Gasteiger partial charge in [-0.05, 0) is 44.4 Å². The minimum atomic E-state index is -0.224. The number of halogens is 1. The molecule has 5 nitrogen and oxygen atoms in total. The highest BCUT2D eigenvalue weighted by molar-refractivity contribution is 5.80. The number of rotatable bonds is 5. The van der Waals surface area contributed by atoms with E-state index in [-0.39, 0.29) is 23.7 Å². The van der Waals surface area contributed by atoms with Crippen molar-refractivity contribution >= 4 is 12.0 Å². The van der Waals surface area contributed by atoms with E-state index >= 15 is 0 Å². The summed E-state index contributed by atoms with van der Waals surface area (Å²) in [6.45, 7) is 6.87. The Hall–Kier alpha value is -2.47. The molecule has 2 aromatic rings. The lowest BCUT2D eigenvalue weighted by atomic mass is 9.93. The molecule has 0 radical (unpaired) electrons. The number of benzene rings is 1. The predicted octanol–water partition coefficient (Wildman–Crippen LogP) is 3.57. The van der Waals surface area contributed by atoms with Crippen molar-refractivity contribution < 1.29 is 13.7 Å². The Bertz CT molecular complexity index is 855. The Morgan fingerprint density at radius 2 is 2.00 bits per heavy atom. The zero-order chi connectivity index (χ0) is 19.7. The lowest BCUT2D eigenvalue weighted by molar-refractivity contribution is -0.140. The van der Waals surface area contributed by atoms with Gasteiger partial charge in [0.05, 0.1) is 18.2 Å². The first kappa shape index (κ1) is 18.9. The number of carbonyl (C=O) groups is 1. The van der Waals surface area contributed by atoms with Crippen LogP contribution in [0.5, 0.6) is 0 Å². The molecule has 148 valence electrons. The zero-order valence-electron chi connectivity index (χ0n) is 16.4. The molecule has 3 aliphatic rings. The lowest BCUT2D eigenvalue weighted by Crippen LogP contribution is -2.47. The smallest absolute Gasteiger partial charge is 0.227 e. The largest absolute Gasteiger partial charge is 0.361 e. The van der Waals surface area contributed by atoms with E-state index in [2.05, 4.69) is 16.1 Å². The van der Waals surface area contributed by atoms with Crippen molar-refractivity contribution in [1.29, 1.82) is 0 Å². The number of amides is 1. The monoisotopic (exact) mass is 383 g/mol. The van der Waals surface area contributed by atoms with Crippen molar-refractivity contribution in [2.45, 2.75) is 39.3 Å². The van der Waals surface area contributed by atoms with E-state index in [1.165, 1.54) is 12.1 Å². The molecule has 1 aromatic heterocycles. The van der Waals surface area contributed by atoms with Gasteiger partial charge in [-0.3, -0.25) is 9.69 Å². The molecule has 1 aromatic carbocycles. The van der Waals surface area contributed by atoms with Gasteiger partial charge >= 0.3 is 0 Å². The summed E-state index contributed by atoms with van der Waals surface area (Å²) >= 11 is 0. The summed E-state index contributed by atoms with van der Waals surface area (Å²) in [7, 11) is 0. The van der Waals surface area contributed by atoms with Crippen LogP contribution < -0.4 is 0 Å². The molecule has 0 aliphatic carbocycles. The van der Waals surface area contributed by atoms with Crippen LogP contribution in [0.15, 0.2) is 34.9 Å². The van der Waals surface area contributed by atoms with E-state index in [0.29, 0.717) is 6.54 Å². The lowest BCUT2D eigenvalue weighted by Gasteiger charge is -2.36. The maximum atomic E-state index is 13.0. The van der Waals surface area contributed by atoms with E-state index in [9.17, 15) is 9.18 Å². The van der Waals surface area contributed by atoms with Crippen molar-refractivity contribution in [1.82, 2.24) is 15.0 Å². The van der Waals surface area contributed by atoms with Gasteiger partial charge in [0.2, 0.25) is 5.91 Å². The summed E-state index contributed by atoms with van der Waals surface area (Å²) in [6, 6.07) is 6.70. The van der Waals surface area contributed by atoms with Crippen molar-refractivity contribution in [3.63, 3.8) is 0 Å². The Kier molecular flexibility index (Phi) is 5.31. The third-order valence-corrected chi connectivity index (χ3v) is 5.92. The first-order valence-corrected chi connectivity index (χ1v) is 9.88. The van der Waals surface area contributed by atoms with Gasteiger partial charge < -0.3 is 9.42 Å². The van der Waals surface area contributed by atoms with Crippen LogP contribution in [-0.4, -0.2) is 46.5 Å². The van der Waals surface area contributed by atoms with Gasteiger partial charge in [0.15, 0.2) is 0 Å². The fourth-order valence-electron chi connectivity index (χ4n) is 4.30. The van der Waals surface area contributed by atoms with Gasteiger partial charge in [0, 0.05) is 31.2 Å². The maximum Gasteiger partial charge on any atom is 0.227 e. The SMILES string of the molecule is Cc1noc(C)c1CN1C(=O)[C@@H]2CC[C@H]1CN(C/C=C/c1ccc(F)cc1)C2. The molecule has 3 saturated heterocycles. The second-order valence-electron chi connectivity index (χ2n) is 7.87. The first-order valence-electron chi connectivity index (χ1n) is 9.88. The molecular formula is C22H26FN3O2. The molecule has 3 fully saturated rings. The molecule has 28 heavy (non-hydrogen) atoms. The van der Waals surface area contributed by atoms with Gasteiger partial charge in [0.1, 0.15) is 11.6 Å². The number of aryl methyl sites for hydroxylation is 2. The van der Waals surface area contributed by atoms with Gasteiger partial charge in [-0.25, -0.2) is 4.39 Å². The van der Waals surface area contributed by atoms with Crippen molar-refractivity contribution in [3.8, 4) is 0 Å². The fourth-order valence-corrected chi connectivity index (χ4v) is 4.30. The zero-order valence-corrected chi connectivity index (χ0v) is 16.4. The molecule has 0 spiro atoms. The van der Waals surface area contributed by atoms with Crippen LogP contribution in [0.2, 0.25) is 0 Å². The summed E-state index contributed by atoms with van der Waals surface area (Å²) in [5.74, 6) is 0.877. The van der Waals surface area contributed by atoms with Gasteiger partial charge in [0.25, 0.3) is 0 Å². The third-order valence-electron chi connectivity index (χ3n) is 5.92. The van der Waals surface area contributed by atoms with Crippen LogP contribution in [0.25, 0.3) is 6.08 Å². The summed E-state index contributed by atoms with van der Waals surface area (Å²) in [4.78, 5) is 17.4. The van der Waals surface area contributed by atoms with Crippen LogP contribution in [-0.2, 0) is 11.3 Å². The first-order chi connectivity index (χ1) is 13.5. The van der Waals surface area contributed by atoms with Gasteiger partial charge in [-0.15, -0.1) is 0 Å². The highest BCUT2D eigenvalue weighted by Crippen LogP contribution is 2.31. The Morgan fingerprint density at radius 3 is 2.71 bits per heavy atom. The molecule has 2 bridgehead atoms. The van der Waals surface area contributed by atoms with E-state index in [1.807, 2.05) is 24.8 Å². The van der Waals surface area contributed by atoms with Gasteiger partial charge in [-0.1, -0.05) is 29.4 Å².